The number of hydrogen-bond acceptors (Lipinski definition) is 7. The molecule has 3 unspecified atom stereocenters. The Bertz CT molecular complexity index is 770. The Kier molecular flexibility index (Phi) is 8.82. The van der Waals surface area contributed by atoms with Crippen LogP contribution in [0, 0.1) is 11.8 Å². The molecule has 3 N–H and O–H groups in total. The number of nitrogens with zero attached hydrogens (tertiary/aromatic N) is 2. The summed E-state index contributed by atoms with van der Waals surface area (Å²) < 4.78 is 4.79. The van der Waals surface area contributed by atoms with Crippen molar-refractivity contribution < 1.29 is 24.2 Å². The van der Waals surface area contributed by atoms with E-state index >= 15 is 0 Å². The average molecular weight is 562 g/mol. The van der Waals surface area contributed by atoms with Crippen LogP contribution in [0.25, 0.3) is 0 Å². The number of likely N-dealkylation sites (tertiary alicyclic amines) is 1. The molecule has 0 aromatic heterocycles. The van der Waals surface area contributed by atoms with Crippen molar-refractivity contribution in [3.05, 3.63) is 0 Å². The fourth-order valence-corrected chi connectivity index (χ4v) is 9.60. The van der Waals surface area contributed by atoms with Gasteiger partial charge in [-0.15, -0.1) is 11.8 Å². The molecule has 192 valence electrons. The molecule has 0 aromatic carbocycles. The third-order valence-corrected chi connectivity index (χ3v) is 10.7. The topological polar surface area (TPSA) is 111 Å². The Morgan fingerprint density at radius 1 is 1.18 bits per heavy atom. The minimum absolute atomic E-state index is 0.0194. The summed E-state index contributed by atoms with van der Waals surface area (Å²) in [6.07, 6.45) is 2.72. The number of unbranched alkanes of at least 4 members (excludes halogenated alkanes) is 1. The first kappa shape index (κ1) is 26.2. The van der Waals surface area contributed by atoms with E-state index in [1.807, 2.05) is 6.92 Å². The number of carbonyl (C=O) groups is 3. The first-order valence-corrected chi connectivity index (χ1v) is 14.3. The molecule has 9 nitrogen and oxygen atoms in total. The molecule has 4 saturated heterocycles. The number of ether oxygens (including phenoxy) is 1. The number of fused-ring (bicyclic) bond motifs is 1. The van der Waals surface area contributed by atoms with Gasteiger partial charge in [0.05, 0.1) is 29.8 Å². The predicted octanol–water partition coefficient (Wildman–Crippen LogP) is 0.198. The second-order valence-electron chi connectivity index (χ2n) is 9.66. The van der Waals surface area contributed by atoms with Crippen molar-refractivity contribution in [3.63, 3.8) is 0 Å². The van der Waals surface area contributed by atoms with Crippen molar-refractivity contribution in [3.8, 4) is 0 Å². The fourth-order valence-electron chi connectivity index (χ4n) is 5.99. The Hall–Kier alpha value is -0.880. The van der Waals surface area contributed by atoms with Crippen molar-refractivity contribution in [2.24, 2.45) is 11.8 Å². The molecule has 4 fully saturated rings. The zero-order chi connectivity index (χ0) is 24.3. The van der Waals surface area contributed by atoms with Gasteiger partial charge in [-0.25, -0.2) is 0 Å². The fraction of sp³-hybridized carbons (Fsp3) is 0.870. The summed E-state index contributed by atoms with van der Waals surface area (Å²) in [5.41, 5.74) is 0. The number of aliphatic hydroxyl groups is 1. The zero-order valence-electron chi connectivity index (χ0n) is 19.8. The first-order chi connectivity index (χ1) is 16.4. The number of rotatable bonds is 11. The Balaban J connectivity index is 1.53. The summed E-state index contributed by atoms with van der Waals surface area (Å²) in [6.45, 7) is 7.45. The van der Waals surface area contributed by atoms with Crippen molar-refractivity contribution >= 4 is 45.4 Å². The number of aliphatic hydroxyl groups excluding tert-OH is 1. The molecule has 11 heteroatoms. The van der Waals surface area contributed by atoms with Gasteiger partial charge < -0.3 is 25.4 Å². The van der Waals surface area contributed by atoms with Gasteiger partial charge in [0.25, 0.3) is 0 Å². The summed E-state index contributed by atoms with van der Waals surface area (Å²) in [5.74, 6) is -1.22. The van der Waals surface area contributed by atoms with E-state index in [1.54, 1.807) is 16.7 Å². The normalized spacial score (nSPS) is 35.0. The standard InChI is InChI=1S/C23H37BrN4O5S/c1-2-5-25-20(30)16-17-22(32)28(7-3-4-11-29)19(23(17)14-15(24)18(16)34-23)21(31)26-6-8-27-9-12-33-13-10-27/h15-19,29H,2-14H2,1H3,(H,25,30)(H,26,31)/t15?,16-,17-,18-,19?,23?/m0/s1. The Labute approximate surface area is 214 Å². The molecular weight excluding hydrogens is 524 g/mol. The van der Waals surface area contributed by atoms with E-state index in [0.29, 0.717) is 52.1 Å². The van der Waals surface area contributed by atoms with Gasteiger partial charge >= 0.3 is 0 Å². The van der Waals surface area contributed by atoms with Gasteiger partial charge in [0.15, 0.2) is 0 Å². The molecule has 4 aliphatic heterocycles. The summed E-state index contributed by atoms with van der Waals surface area (Å²) >= 11 is 5.44. The van der Waals surface area contributed by atoms with Gasteiger partial charge in [-0.2, -0.15) is 0 Å². The van der Waals surface area contributed by atoms with Gasteiger partial charge in [-0.05, 0) is 25.7 Å². The molecule has 6 atom stereocenters. The molecule has 0 radical (unpaired) electrons. The lowest BCUT2D eigenvalue weighted by Crippen LogP contribution is -2.55. The molecular formula is C23H37BrN4O5S. The van der Waals surface area contributed by atoms with E-state index in [1.165, 1.54) is 0 Å². The van der Waals surface area contributed by atoms with Gasteiger partial charge in [-0.1, -0.05) is 22.9 Å². The number of amides is 3. The highest BCUT2D eigenvalue weighted by Crippen LogP contribution is 2.67. The highest BCUT2D eigenvalue weighted by atomic mass is 79.9. The van der Waals surface area contributed by atoms with Crippen LogP contribution in [0.3, 0.4) is 0 Å². The lowest BCUT2D eigenvalue weighted by atomic mass is 9.70. The lowest BCUT2D eigenvalue weighted by molar-refractivity contribution is -0.140. The van der Waals surface area contributed by atoms with E-state index < -0.39 is 22.6 Å². The molecule has 0 aliphatic carbocycles. The number of halogens is 1. The number of alkyl halides is 1. The van der Waals surface area contributed by atoms with Gasteiger partial charge in [0, 0.05) is 56.0 Å². The number of hydrogen-bond donors (Lipinski definition) is 3. The third kappa shape index (κ3) is 4.87. The van der Waals surface area contributed by atoms with Crippen LogP contribution >= 0.6 is 27.7 Å². The summed E-state index contributed by atoms with van der Waals surface area (Å²) in [6, 6.07) is -0.604. The highest BCUT2D eigenvalue weighted by molar-refractivity contribution is 9.09. The zero-order valence-corrected chi connectivity index (χ0v) is 22.2. The largest absolute Gasteiger partial charge is 0.396 e. The van der Waals surface area contributed by atoms with E-state index in [-0.39, 0.29) is 34.4 Å². The number of morpholine rings is 1. The van der Waals surface area contributed by atoms with E-state index in [4.69, 9.17) is 4.74 Å². The van der Waals surface area contributed by atoms with Crippen LogP contribution < -0.4 is 10.6 Å². The van der Waals surface area contributed by atoms with E-state index in [9.17, 15) is 19.5 Å². The maximum absolute atomic E-state index is 13.7. The molecule has 4 aliphatic rings. The molecule has 4 heterocycles. The van der Waals surface area contributed by atoms with Crippen LogP contribution in [0.4, 0.5) is 0 Å². The second-order valence-corrected chi connectivity index (χ2v) is 12.4. The van der Waals surface area contributed by atoms with Crippen LogP contribution in [0.5, 0.6) is 0 Å². The van der Waals surface area contributed by atoms with Crippen LogP contribution in [0.15, 0.2) is 0 Å². The van der Waals surface area contributed by atoms with Gasteiger partial charge in [0.1, 0.15) is 6.04 Å². The summed E-state index contributed by atoms with van der Waals surface area (Å²) in [5, 5.41) is 15.3. The Morgan fingerprint density at radius 3 is 2.62 bits per heavy atom. The molecule has 1 spiro atoms. The van der Waals surface area contributed by atoms with Crippen LogP contribution in [-0.2, 0) is 19.1 Å². The molecule has 2 bridgehead atoms. The minimum Gasteiger partial charge on any atom is -0.396 e. The predicted molar refractivity (Wildman–Crippen MR) is 134 cm³/mol. The molecule has 0 aromatic rings. The van der Waals surface area contributed by atoms with Crippen molar-refractivity contribution in [2.45, 2.75) is 53.5 Å². The monoisotopic (exact) mass is 560 g/mol. The lowest BCUT2D eigenvalue weighted by Gasteiger charge is -2.35. The van der Waals surface area contributed by atoms with Crippen molar-refractivity contribution in [2.75, 3.05) is 59.1 Å². The maximum atomic E-state index is 13.7. The quantitative estimate of drug-likeness (QED) is 0.244. The molecule has 0 saturated carbocycles. The average Bonchev–Trinajstić information content (AvgIpc) is 3.42. The smallest absolute Gasteiger partial charge is 0.244 e. The number of carbonyl (C=O) groups excluding carboxylic acids is 3. The first-order valence-electron chi connectivity index (χ1n) is 12.5. The molecule has 34 heavy (non-hydrogen) atoms. The molecule has 3 amide bonds. The van der Waals surface area contributed by atoms with Crippen molar-refractivity contribution in [1.29, 1.82) is 0 Å². The van der Waals surface area contributed by atoms with Crippen molar-refractivity contribution in [1.82, 2.24) is 20.4 Å². The van der Waals surface area contributed by atoms with Gasteiger partial charge in [-0.3, -0.25) is 19.3 Å². The molecule has 4 rings (SSSR count). The number of nitrogens with one attached hydrogen (secondary N) is 2. The highest BCUT2D eigenvalue weighted by Gasteiger charge is 2.75. The third-order valence-electron chi connectivity index (χ3n) is 7.53. The number of thioether (sulfide) groups is 1. The van der Waals surface area contributed by atoms with Crippen LogP contribution in [-0.4, -0.2) is 113 Å². The summed E-state index contributed by atoms with van der Waals surface area (Å²) in [4.78, 5) is 44.6. The second kappa shape index (κ2) is 11.5. The van der Waals surface area contributed by atoms with E-state index in [2.05, 4.69) is 31.5 Å². The Morgan fingerprint density at radius 2 is 1.91 bits per heavy atom. The maximum Gasteiger partial charge on any atom is 0.244 e. The van der Waals surface area contributed by atoms with Crippen LogP contribution in [0.1, 0.15) is 32.6 Å². The summed E-state index contributed by atoms with van der Waals surface area (Å²) in [7, 11) is 0. The van der Waals surface area contributed by atoms with Crippen LogP contribution in [0.2, 0.25) is 0 Å². The van der Waals surface area contributed by atoms with Gasteiger partial charge in [0.2, 0.25) is 17.7 Å². The van der Waals surface area contributed by atoms with E-state index in [0.717, 1.165) is 26.1 Å². The minimum atomic E-state index is -0.605. The SMILES string of the molecule is CCCNC(=O)[C@H]1[C@H]2C(=O)N(CCCCO)C(C(=O)NCCN3CCOCC3)C23CC(Br)[C@@H]1S3.